The molecule has 2 heterocycles. The molecule has 0 radical (unpaired) electrons. The zero-order chi connectivity index (χ0) is 14.4. The Labute approximate surface area is 115 Å². The van der Waals surface area contributed by atoms with E-state index in [1.54, 1.807) is 0 Å². The van der Waals surface area contributed by atoms with Crippen LogP contribution in [-0.4, -0.2) is 49.3 Å². The first-order valence-corrected chi connectivity index (χ1v) is 6.26. The Hall–Kier alpha value is -1.00. The molecule has 1 saturated heterocycles. The highest BCUT2D eigenvalue weighted by Gasteiger charge is 2.53. The summed E-state index contributed by atoms with van der Waals surface area (Å²) in [6.45, 7) is 0.774. The van der Waals surface area contributed by atoms with Gasteiger partial charge in [-0.2, -0.15) is 0 Å². The standard InChI is InChI=1S/C10H13BrN2O6/c1-10(18)6(15)5(3-14)19-8(10)13-2-4(11)7(16)12-9(13)17/h2,5-6,8,14-15,18H,3H2,1H3,(H,12,16,17)/t5-,6-,8-,10-/m1/s1. The lowest BCUT2D eigenvalue weighted by Gasteiger charge is -2.27. The molecule has 1 fully saturated rings. The second-order valence-corrected chi connectivity index (χ2v) is 5.38. The number of H-pyrrole nitrogens is 1. The molecule has 1 aromatic heterocycles. The van der Waals surface area contributed by atoms with Crippen LogP contribution >= 0.6 is 15.9 Å². The van der Waals surface area contributed by atoms with Crippen molar-refractivity contribution in [3.63, 3.8) is 0 Å². The number of aliphatic hydroxyl groups is 3. The summed E-state index contributed by atoms with van der Waals surface area (Å²) >= 11 is 2.96. The molecule has 4 N–H and O–H groups in total. The molecular formula is C10H13BrN2O6. The zero-order valence-corrected chi connectivity index (χ0v) is 11.5. The highest BCUT2D eigenvalue weighted by Crippen LogP contribution is 2.37. The van der Waals surface area contributed by atoms with E-state index in [9.17, 15) is 19.8 Å². The minimum Gasteiger partial charge on any atom is -0.394 e. The molecule has 0 saturated carbocycles. The molecule has 0 bridgehead atoms. The van der Waals surface area contributed by atoms with E-state index < -0.39 is 41.9 Å². The quantitative estimate of drug-likeness (QED) is 0.510. The minimum atomic E-state index is -1.78. The molecule has 0 aromatic carbocycles. The maximum absolute atomic E-state index is 11.7. The summed E-state index contributed by atoms with van der Waals surface area (Å²) in [5.41, 5.74) is -3.18. The third-order valence-electron chi connectivity index (χ3n) is 3.11. The number of halogens is 1. The summed E-state index contributed by atoms with van der Waals surface area (Å²) in [5.74, 6) is 0. The average Bonchev–Trinajstić information content (AvgIpc) is 2.56. The van der Waals surface area contributed by atoms with Crippen LogP contribution in [0.4, 0.5) is 0 Å². The van der Waals surface area contributed by atoms with Gasteiger partial charge >= 0.3 is 5.69 Å². The first-order chi connectivity index (χ1) is 8.78. The Bertz CT molecular complexity index is 594. The number of rotatable bonds is 2. The Kier molecular flexibility index (Phi) is 3.67. The van der Waals surface area contributed by atoms with Crippen LogP contribution in [0.1, 0.15) is 13.2 Å². The summed E-state index contributed by atoms with van der Waals surface area (Å²) in [6, 6.07) is 0. The van der Waals surface area contributed by atoms with Crippen molar-refractivity contribution >= 4 is 15.9 Å². The van der Waals surface area contributed by atoms with Gasteiger partial charge in [0.25, 0.3) is 5.56 Å². The topological polar surface area (TPSA) is 125 Å². The fourth-order valence-corrected chi connectivity index (χ4v) is 2.34. The van der Waals surface area contributed by atoms with Gasteiger partial charge in [0.2, 0.25) is 0 Å². The van der Waals surface area contributed by atoms with Gasteiger partial charge in [0.15, 0.2) is 6.23 Å². The fourth-order valence-electron chi connectivity index (χ4n) is 2.03. The smallest absolute Gasteiger partial charge is 0.330 e. The molecule has 1 aliphatic rings. The number of nitrogens with one attached hydrogen (secondary N) is 1. The zero-order valence-electron chi connectivity index (χ0n) is 9.91. The SMILES string of the molecule is C[C@@]1(O)[C@H](O)[C@@H](CO)O[C@H]1n1cc(Br)c(=O)[nH]c1=O. The predicted molar refractivity (Wildman–Crippen MR) is 66.6 cm³/mol. The lowest BCUT2D eigenvalue weighted by Crippen LogP contribution is -2.47. The summed E-state index contributed by atoms with van der Waals surface area (Å²) in [6.07, 6.45) is -2.44. The number of nitrogens with zero attached hydrogens (tertiary/aromatic N) is 1. The van der Waals surface area contributed by atoms with Crippen LogP contribution in [0.3, 0.4) is 0 Å². The monoisotopic (exact) mass is 336 g/mol. The van der Waals surface area contributed by atoms with Crippen molar-refractivity contribution in [3.05, 3.63) is 31.5 Å². The predicted octanol–water partition coefficient (Wildman–Crippen LogP) is -1.70. The molecule has 0 unspecified atom stereocenters. The Balaban J connectivity index is 2.51. The first kappa shape index (κ1) is 14.4. The molecule has 0 aliphatic carbocycles. The van der Waals surface area contributed by atoms with E-state index in [0.717, 1.165) is 10.8 Å². The summed E-state index contributed by atoms with van der Waals surface area (Å²) in [4.78, 5) is 25.0. The Morgan fingerprint density at radius 1 is 1.58 bits per heavy atom. The normalized spacial score (nSPS) is 34.7. The summed E-state index contributed by atoms with van der Waals surface area (Å²) < 4.78 is 6.30. The lowest BCUT2D eigenvalue weighted by atomic mass is 9.96. The van der Waals surface area contributed by atoms with Gasteiger partial charge in [-0.25, -0.2) is 4.79 Å². The third-order valence-corrected chi connectivity index (χ3v) is 3.68. The largest absolute Gasteiger partial charge is 0.394 e. The van der Waals surface area contributed by atoms with Crippen molar-refractivity contribution in [3.8, 4) is 0 Å². The van der Waals surface area contributed by atoms with Crippen molar-refractivity contribution in [2.45, 2.75) is 31.0 Å². The van der Waals surface area contributed by atoms with Gasteiger partial charge < -0.3 is 20.1 Å². The molecule has 1 aromatic rings. The maximum Gasteiger partial charge on any atom is 0.330 e. The number of ether oxygens (including phenoxy) is 1. The van der Waals surface area contributed by atoms with E-state index in [-0.39, 0.29) is 4.47 Å². The molecule has 0 amide bonds. The van der Waals surface area contributed by atoms with Crippen molar-refractivity contribution in [2.24, 2.45) is 0 Å². The van der Waals surface area contributed by atoms with Crippen LogP contribution < -0.4 is 11.2 Å². The second-order valence-electron chi connectivity index (χ2n) is 4.52. The van der Waals surface area contributed by atoms with Crippen molar-refractivity contribution in [1.29, 1.82) is 0 Å². The molecule has 1 aliphatic heterocycles. The number of hydrogen-bond acceptors (Lipinski definition) is 6. The molecule has 8 nitrogen and oxygen atoms in total. The van der Waals surface area contributed by atoms with Crippen molar-refractivity contribution in [1.82, 2.24) is 9.55 Å². The van der Waals surface area contributed by atoms with Crippen LogP contribution in [0.25, 0.3) is 0 Å². The highest BCUT2D eigenvalue weighted by molar-refractivity contribution is 9.10. The van der Waals surface area contributed by atoms with E-state index in [0.29, 0.717) is 0 Å². The molecule has 2 rings (SSSR count). The van der Waals surface area contributed by atoms with E-state index in [4.69, 9.17) is 9.84 Å². The van der Waals surface area contributed by atoms with Gasteiger partial charge in [-0.15, -0.1) is 0 Å². The van der Waals surface area contributed by atoms with Gasteiger partial charge in [0.05, 0.1) is 11.1 Å². The van der Waals surface area contributed by atoms with Gasteiger partial charge in [0, 0.05) is 6.20 Å². The minimum absolute atomic E-state index is 0.0773. The Morgan fingerprint density at radius 2 is 2.21 bits per heavy atom. The summed E-state index contributed by atoms with van der Waals surface area (Å²) in [7, 11) is 0. The highest BCUT2D eigenvalue weighted by atomic mass is 79.9. The van der Waals surface area contributed by atoms with Crippen LogP contribution in [-0.2, 0) is 4.74 Å². The third kappa shape index (κ3) is 2.28. The number of aromatic amines is 1. The molecular weight excluding hydrogens is 324 g/mol. The average molecular weight is 337 g/mol. The van der Waals surface area contributed by atoms with Crippen LogP contribution in [0.15, 0.2) is 20.3 Å². The molecule has 106 valence electrons. The molecule has 4 atom stereocenters. The molecule has 0 spiro atoms. The van der Waals surface area contributed by atoms with Crippen molar-refractivity contribution in [2.75, 3.05) is 6.61 Å². The number of aromatic nitrogens is 2. The second kappa shape index (κ2) is 4.84. The van der Waals surface area contributed by atoms with Gasteiger partial charge in [0.1, 0.15) is 17.8 Å². The van der Waals surface area contributed by atoms with Crippen LogP contribution in [0, 0.1) is 0 Å². The summed E-state index contributed by atoms with van der Waals surface area (Å²) in [5, 5.41) is 29.1. The Morgan fingerprint density at radius 3 is 2.74 bits per heavy atom. The maximum atomic E-state index is 11.7. The van der Waals surface area contributed by atoms with Crippen LogP contribution in [0.5, 0.6) is 0 Å². The van der Waals surface area contributed by atoms with E-state index >= 15 is 0 Å². The van der Waals surface area contributed by atoms with Crippen molar-refractivity contribution < 1.29 is 20.1 Å². The van der Waals surface area contributed by atoms with Gasteiger partial charge in [-0.3, -0.25) is 14.3 Å². The fraction of sp³-hybridized carbons (Fsp3) is 0.600. The van der Waals surface area contributed by atoms with Gasteiger partial charge in [-0.05, 0) is 22.9 Å². The number of aliphatic hydroxyl groups excluding tert-OH is 2. The molecule has 19 heavy (non-hydrogen) atoms. The van der Waals surface area contributed by atoms with E-state index in [1.165, 1.54) is 6.92 Å². The lowest BCUT2D eigenvalue weighted by molar-refractivity contribution is -0.0988. The number of hydrogen-bond donors (Lipinski definition) is 4. The molecule has 9 heteroatoms. The first-order valence-electron chi connectivity index (χ1n) is 5.46. The van der Waals surface area contributed by atoms with Crippen LogP contribution in [0.2, 0.25) is 0 Å². The van der Waals surface area contributed by atoms with E-state index in [1.807, 2.05) is 4.98 Å². The van der Waals surface area contributed by atoms with Gasteiger partial charge in [-0.1, -0.05) is 0 Å². The van der Waals surface area contributed by atoms with E-state index in [2.05, 4.69) is 15.9 Å².